The number of aliphatic hydroxyl groups is 4. The van der Waals surface area contributed by atoms with Crippen LogP contribution in [0.25, 0.3) is 22.3 Å². The van der Waals surface area contributed by atoms with Gasteiger partial charge in [0.05, 0.1) is 27.9 Å². The smallest absolute Gasteiger partial charge is 0.229 e. The fraction of sp³-hybridized carbons (Fsp3) is 0.375. The quantitative estimate of drug-likeness (QED) is 0.369. The van der Waals surface area contributed by atoms with Crippen molar-refractivity contribution in [2.24, 2.45) is 0 Å². The highest BCUT2D eigenvalue weighted by molar-refractivity contribution is 5.86. The Morgan fingerprint density at radius 1 is 0.857 bits per heavy atom. The van der Waals surface area contributed by atoms with Crippen molar-refractivity contribution < 1.29 is 48.5 Å². The molecular weight excluding hydrogens is 464 g/mol. The minimum atomic E-state index is -1.61. The Labute approximate surface area is 199 Å². The van der Waals surface area contributed by atoms with E-state index >= 15 is 0 Å². The number of hydrogen-bond donors (Lipinski definition) is 4. The third-order valence-electron chi connectivity index (χ3n) is 5.76. The summed E-state index contributed by atoms with van der Waals surface area (Å²) in [5.41, 5.74) is 0.314. The predicted molar refractivity (Wildman–Crippen MR) is 122 cm³/mol. The number of rotatable bonds is 7. The molecule has 188 valence electrons. The second-order valence-electron chi connectivity index (χ2n) is 7.86. The van der Waals surface area contributed by atoms with Crippen LogP contribution in [0.1, 0.15) is 0 Å². The van der Waals surface area contributed by atoms with Crippen molar-refractivity contribution in [1.82, 2.24) is 0 Å². The third-order valence-corrected chi connectivity index (χ3v) is 5.76. The molecule has 2 aromatic carbocycles. The van der Waals surface area contributed by atoms with E-state index in [4.69, 9.17) is 28.1 Å². The van der Waals surface area contributed by atoms with Gasteiger partial charge >= 0.3 is 0 Å². The fourth-order valence-electron chi connectivity index (χ4n) is 3.89. The number of methoxy groups -OCH3 is 3. The van der Waals surface area contributed by atoms with Crippen LogP contribution in [0, 0.1) is 0 Å². The van der Waals surface area contributed by atoms with Crippen LogP contribution < -0.4 is 24.4 Å². The van der Waals surface area contributed by atoms with Gasteiger partial charge in [0.2, 0.25) is 6.29 Å². The molecular formula is C24H26O11. The van der Waals surface area contributed by atoms with E-state index in [0.717, 1.165) is 0 Å². The number of aliphatic hydroxyl groups excluding tert-OH is 4. The van der Waals surface area contributed by atoms with Crippen molar-refractivity contribution in [2.75, 3.05) is 27.9 Å². The summed E-state index contributed by atoms with van der Waals surface area (Å²) in [6.07, 6.45) is -7.31. The molecule has 0 bridgehead atoms. The maximum absolute atomic E-state index is 13.0. The van der Waals surface area contributed by atoms with Crippen LogP contribution >= 0.6 is 0 Å². The largest absolute Gasteiger partial charge is 0.496 e. The Kier molecular flexibility index (Phi) is 7.15. The average molecular weight is 490 g/mol. The lowest BCUT2D eigenvalue weighted by molar-refractivity contribution is -0.277. The molecule has 0 saturated carbocycles. The summed E-state index contributed by atoms with van der Waals surface area (Å²) in [4.78, 5) is 13.0. The second-order valence-corrected chi connectivity index (χ2v) is 7.86. The van der Waals surface area contributed by atoms with Gasteiger partial charge in [-0.25, -0.2) is 0 Å². The molecule has 4 rings (SSSR count). The van der Waals surface area contributed by atoms with E-state index < -0.39 is 37.3 Å². The molecule has 0 aliphatic carbocycles. The minimum Gasteiger partial charge on any atom is -0.496 e. The average Bonchev–Trinajstić information content (AvgIpc) is 2.87. The molecule has 35 heavy (non-hydrogen) atoms. The Morgan fingerprint density at radius 2 is 1.57 bits per heavy atom. The first-order chi connectivity index (χ1) is 16.8. The lowest BCUT2D eigenvalue weighted by atomic mass is 9.99. The first-order valence-electron chi connectivity index (χ1n) is 10.7. The predicted octanol–water partition coefficient (Wildman–Crippen LogP) is 0.664. The summed E-state index contributed by atoms with van der Waals surface area (Å²) in [6, 6.07) is 9.18. The molecule has 0 radical (unpaired) electrons. The zero-order chi connectivity index (χ0) is 25.3. The van der Waals surface area contributed by atoms with E-state index in [2.05, 4.69) is 0 Å². The molecule has 11 nitrogen and oxygen atoms in total. The van der Waals surface area contributed by atoms with Gasteiger partial charge in [0.1, 0.15) is 52.6 Å². The van der Waals surface area contributed by atoms with Crippen LogP contribution in [0.3, 0.4) is 0 Å². The summed E-state index contributed by atoms with van der Waals surface area (Å²) in [7, 11) is 4.37. The lowest BCUT2D eigenvalue weighted by Crippen LogP contribution is -2.60. The van der Waals surface area contributed by atoms with Crippen LogP contribution in [0.2, 0.25) is 0 Å². The van der Waals surface area contributed by atoms with Crippen molar-refractivity contribution in [3.8, 4) is 34.3 Å². The summed E-state index contributed by atoms with van der Waals surface area (Å²) < 4.78 is 33.0. The van der Waals surface area contributed by atoms with Crippen molar-refractivity contribution in [3.05, 3.63) is 46.6 Å². The molecule has 5 atom stereocenters. The Bertz CT molecular complexity index is 1250. The Morgan fingerprint density at radius 3 is 2.23 bits per heavy atom. The molecule has 4 N–H and O–H groups in total. The highest BCUT2D eigenvalue weighted by atomic mass is 16.7. The summed E-state index contributed by atoms with van der Waals surface area (Å²) in [6.45, 7) is -0.602. The van der Waals surface area contributed by atoms with Gasteiger partial charge in [-0.2, -0.15) is 0 Å². The van der Waals surface area contributed by atoms with Crippen LogP contribution in [0.15, 0.2) is 45.6 Å². The topological polar surface area (TPSA) is 157 Å². The van der Waals surface area contributed by atoms with E-state index in [9.17, 15) is 25.2 Å². The number of fused-ring (bicyclic) bond motifs is 1. The molecule has 1 aliphatic rings. The summed E-state index contributed by atoms with van der Waals surface area (Å²) >= 11 is 0. The summed E-state index contributed by atoms with van der Waals surface area (Å²) in [5.74, 6) is 1.44. The monoisotopic (exact) mass is 490 g/mol. The summed E-state index contributed by atoms with van der Waals surface area (Å²) in [5, 5.41) is 39.8. The van der Waals surface area contributed by atoms with Crippen LogP contribution in [-0.2, 0) is 4.74 Å². The van der Waals surface area contributed by atoms with Crippen molar-refractivity contribution in [3.63, 3.8) is 0 Å². The number of benzene rings is 2. The highest BCUT2D eigenvalue weighted by Crippen LogP contribution is 2.36. The van der Waals surface area contributed by atoms with Gasteiger partial charge in [-0.05, 0) is 18.2 Å². The van der Waals surface area contributed by atoms with Crippen molar-refractivity contribution in [2.45, 2.75) is 30.7 Å². The lowest BCUT2D eigenvalue weighted by Gasteiger charge is -2.39. The van der Waals surface area contributed by atoms with Gasteiger partial charge in [-0.1, -0.05) is 0 Å². The molecule has 5 unspecified atom stereocenters. The standard InChI is InChI=1S/C24H26O11/c1-30-14-5-4-11(6-16(14)31-2)15-9-13(26)20-17(32-3)7-12(8-18(20)34-15)33-24-23(29)22(28)21(27)19(10-25)35-24/h4-9,19,21-25,27-29H,10H2,1-3H3. The zero-order valence-corrected chi connectivity index (χ0v) is 19.2. The molecule has 11 heteroatoms. The van der Waals surface area contributed by atoms with E-state index in [0.29, 0.717) is 17.1 Å². The second kappa shape index (κ2) is 10.1. The van der Waals surface area contributed by atoms with Gasteiger partial charge in [0.15, 0.2) is 16.9 Å². The molecule has 1 aromatic heterocycles. The van der Waals surface area contributed by atoms with Crippen LogP contribution in [0.4, 0.5) is 0 Å². The Balaban J connectivity index is 1.75. The van der Waals surface area contributed by atoms with Crippen molar-refractivity contribution in [1.29, 1.82) is 0 Å². The minimum absolute atomic E-state index is 0.0892. The third kappa shape index (κ3) is 4.64. The van der Waals surface area contributed by atoms with E-state index in [1.54, 1.807) is 18.2 Å². The number of ether oxygens (including phenoxy) is 5. The first kappa shape index (κ1) is 24.8. The van der Waals surface area contributed by atoms with Crippen LogP contribution in [-0.4, -0.2) is 79.1 Å². The normalized spacial score (nSPS) is 24.3. The maximum atomic E-state index is 13.0. The van der Waals surface area contributed by atoms with Crippen LogP contribution in [0.5, 0.6) is 23.0 Å². The SMILES string of the molecule is COc1ccc(-c2cc(=O)c3c(OC)cc(OC4OC(CO)C(O)C(O)C4O)cc3o2)cc1OC. The molecule has 2 heterocycles. The first-order valence-corrected chi connectivity index (χ1v) is 10.7. The van der Waals surface area contributed by atoms with Crippen molar-refractivity contribution >= 4 is 11.0 Å². The van der Waals surface area contributed by atoms with E-state index in [1.165, 1.54) is 39.5 Å². The molecule has 0 spiro atoms. The fourth-order valence-corrected chi connectivity index (χ4v) is 3.89. The van der Waals surface area contributed by atoms with E-state index in [1.807, 2.05) is 0 Å². The molecule has 1 fully saturated rings. The molecule has 0 amide bonds. The van der Waals surface area contributed by atoms with E-state index in [-0.39, 0.29) is 33.7 Å². The number of hydrogen-bond acceptors (Lipinski definition) is 11. The highest BCUT2D eigenvalue weighted by Gasteiger charge is 2.44. The Hall–Kier alpha value is -3.35. The van der Waals surface area contributed by atoms with Gasteiger partial charge in [-0.3, -0.25) is 4.79 Å². The molecule has 1 aliphatic heterocycles. The van der Waals surface area contributed by atoms with Gasteiger partial charge in [0, 0.05) is 23.8 Å². The molecule has 3 aromatic rings. The van der Waals surface area contributed by atoms with Gasteiger partial charge in [-0.15, -0.1) is 0 Å². The maximum Gasteiger partial charge on any atom is 0.229 e. The van der Waals surface area contributed by atoms with Gasteiger partial charge in [0.25, 0.3) is 0 Å². The zero-order valence-electron chi connectivity index (χ0n) is 19.2. The van der Waals surface area contributed by atoms with Gasteiger partial charge < -0.3 is 48.5 Å². The molecule has 1 saturated heterocycles.